The van der Waals surface area contributed by atoms with Crippen molar-refractivity contribution in [1.82, 2.24) is 0 Å². The largest absolute Gasteiger partial charge is 0.465 e. The summed E-state index contributed by atoms with van der Waals surface area (Å²) in [5.74, 6) is 9.77. The van der Waals surface area contributed by atoms with Crippen LogP contribution in [0.1, 0.15) is 60.3 Å². The lowest BCUT2D eigenvalue weighted by Crippen LogP contribution is -2.42. The fourth-order valence-corrected chi connectivity index (χ4v) is 2.79. The lowest BCUT2D eigenvalue weighted by molar-refractivity contribution is -0.173. The fraction of sp³-hybridized carbons (Fsp3) is 0.600. The summed E-state index contributed by atoms with van der Waals surface area (Å²) in [6.45, 7) is 8.13. The smallest absolute Gasteiger partial charge is 0.325 e. The highest BCUT2D eigenvalue weighted by Crippen LogP contribution is 2.32. The van der Waals surface area contributed by atoms with E-state index in [1.165, 1.54) is 0 Å². The van der Waals surface area contributed by atoms with Gasteiger partial charge < -0.3 is 18.9 Å². The van der Waals surface area contributed by atoms with E-state index in [4.69, 9.17) is 25.4 Å². The second kappa shape index (κ2) is 15.4. The molecule has 0 aliphatic carbocycles. The Balaban J connectivity index is 6.24. The Morgan fingerprint density at radius 1 is 0.606 bits per heavy atom. The van der Waals surface area contributed by atoms with Crippen LogP contribution in [-0.2, 0) is 38.1 Å². The minimum absolute atomic E-state index is 0.0303. The third-order valence-corrected chi connectivity index (χ3v) is 4.54. The molecule has 0 saturated heterocycles. The first-order chi connectivity index (χ1) is 15.8. The van der Waals surface area contributed by atoms with Gasteiger partial charge in [-0.1, -0.05) is 0 Å². The first-order valence-electron chi connectivity index (χ1n) is 10.7. The van der Waals surface area contributed by atoms with Crippen molar-refractivity contribution in [3.8, 4) is 36.0 Å². The highest BCUT2D eigenvalue weighted by Gasteiger charge is 2.49. The van der Waals surface area contributed by atoms with E-state index in [9.17, 15) is 19.2 Å². The van der Waals surface area contributed by atoms with Gasteiger partial charge in [-0.15, -0.1) is 36.0 Å². The summed E-state index contributed by atoms with van der Waals surface area (Å²) in [4.78, 5) is 50.7. The molecule has 0 atom stereocenters. The number of hydrogen-bond acceptors (Lipinski definition) is 8. The maximum atomic E-state index is 12.7. The molecule has 0 aliphatic heterocycles. The molecular formula is C25H32O8. The molecule has 0 rings (SSSR count). The predicted octanol–water partition coefficient (Wildman–Crippen LogP) is 2.43. The van der Waals surface area contributed by atoms with Crippen molar-refractivity contribution in [2.24, 2.45) is 10.8 Å². The van der Waals surface area contributed by atoms with Crippen LogP contribution < -0.4 is 0 Å². The lowest BCUT2D eigenvalue weighted by Gasteiger charge is -2.26. The third-order valence-electron chi connectivity index (χ3n) is 4.54. The minimum atomic E-state index is -1.83. The van der Waals surface area contributed by atoms with Gasteiger partial charge in [-0.05, 0) is 34.6 Å². The molecule has 0 amide bonds. The van der Waals surface area contributed by atoms with Crippen molar-refractivity contribution in [3.05, 3.63) is 0 Å². The van der Waals surface area contributed by atoms with Crippen LogP contribution in [0, 0.1) is 46.9 Å². The molecule has 8 heteroatoms. The van der Waals surface area contributed by atoms with Gasteiger partial charge >= 0.3 is 23.9 Å². The van der Waals surface area contributed by atoms with E-state index in [1.54, 1.807) is 34.6 Å². The second-order valence-corrected chi connectivity index (χ2v) is 6.74. The van der Waals surface area contributed by atoms with Gasteiger partial charge in [0.1, 0.15) is 0 Å². The summed E-state index contributed by atoms with van der Waals surface area (Å²) < 4.78 is 20.3. The van der Waals surface area contributed by atoms with Crippen molar-refractivity contribution in [2.45, 2.75) is 60.3 Å². The van der Waals surface area contributed by atoms with E-state index < -0.39 is 34.7 Å². The van der Waals surface area contributed by atoms with Crippen molar-refractivity contribution in [1.29, 1.82) is 0 Å². The van der Waals surface area contributed by atoms with Gasteiger partial charge in [-0.3, -0.25) is 19.2 Å². The Hall–Kier alpha value is -3.44. The van der Waals surface area contributed by atoms with Crippen LogP contribution in [0.4, 0.5) is 0 Å². The van der Waals surface area contributed by atoms with E-state index >= 15 is 0 Å². The number of ether oxygens (including phenoxy) is 4. The monoisotopic (exact) mass is 460 g/mol. The average molecular weight is 461 g/mol. The normalized spacial score (nSPS) is 10.3. The molecular weight excluding hydrogens is 428 g/mol. The van der Waals surface area contributed by atoms with Crippen LogP contribution in [0.5, 0.6) is 0 Å². The molecule has 0 fully saturated rings. The van der Waals surface area contributed by atoms with Crippen LogP contribution in [0.3, 0.4) is 0 Å². The lowest BCUT2D eigenvalue weighted by atomic mass is 9.79. The van der Waals surface area contributed by atoms with Crippen LogP contribution in [0.2, 0.25) is 0 Å². The minimum Gasteiger partial charge on any atom is -0.465 e. The Bertz CT molecular complexity index is 821. The van der Waals surface area contributed by atoms with Gasteiger partial charge in [0.25, 0.3) is 0 Å². The van der Waals surface area contributed by atoms with Crippen molar-refractivity contribution < 1.29 is 38.1 Å². The Labute approximate surface area is 196 Å². The molecule has 0 bridgehead atoms. The molecule has 0 unspecified atom stereocenters. The van der Waals surface area contributed by atoms with Gasteiger partial charge in [-0.25, -0.2) is 0 Å². The standard InChI is InChI=1S/C25H32O8/c1-7-13-17-25(22(28)32-11-5,23(29)33-12-6)19-15-14-18-24(16-8-2,20(26)30-9-3)21(27)31-10-4/h2H,9-12,16-19H2,1,3-6H3. The zero-order valence-electron chi connectivity index (χ0n) is 20.0. The maximum absolute atomic E-state index is 12.7. The number of carbonyl (C=O) groups excluding carboxylic acids is 4. The third kappa shape index (κ3) is 7.88. The highest BCUT2D eigenvalue weighted by molar-refractivity contribution is 6.01. The number of rotatable bonds is 12. The second-order valence-electron chi connectivity index (χ2n) is 6.74. The van der Waals surface area contributed by atoms with Crippen molar-refractivity contribution in [2.75, 3.05) is 26.4 Å². The number of terminal acetylenes is 1. The van der Waals surface area contributed by atoms with Gasteiger partial charge in [0.05, 0.1) is 26.4 Å². The predicted molar refractivity (Wildman–Crippen MR) is 120 cm³/mol. The molecule has 0 heterocycles. The van der Waals surface area contributed by atoms with Gasteiger partial charge in [-0.2, -0.15) is 0 Å². The number of hydrogen-bond donors (Lipinski definition) is 0. The average Bonchev–Trinajstić information content (AvgIpc) is 2.78. The number of carbonyl (C=O) groups is 4. The van der Waals surface area contributed by atoms with E-state index in [2.05, 4.69) is 29.6 Å². The zero-order chi connectivity index (χ0) is 25.3. The molecule has 180 valence electrons. The molecule has 0 aromatic rings. The molecule has 8 nitrogen and oxygen atoms in total. The van der Waals surface area contributed by atoms with Gasteiger partial charge in [0, 0.05) is 25.7 Å². The first-order valence-corrected chi connectivity index (χ1v) is 10.7. The zero-order valence-corrected chi connectivity index (χ0v) is 20.0. The summed E-state index contributed by atoms with van der Waals surface area (Å²) >= 11 is 0. The molecule has 0 N–H and O–H groups in total. The summed E-state index contributed by atoms with van der Waals surface area (Å²) in [7, 11) is 0. The van der Waals surface area contributed by atoms with E-state index in [1.807, 2.05) is 0 Å². The van der Waals surface area contributed by atoms with Gasteiger partial charge in [0.15, 0.2) is 10.8 Å². The quantitative estimate of drug-likeness (QED) is 0.189. The summed E-state index contributed by atoms with van der Waals surface area (Å²) in [5, 5.41) is 0. The molecule has 0 aromatic heterocycles. The van der Waals surface area contributed by atoms with E-state index in [0.717, 1.165) is 0 Å². The molecule has 0 aromatic carbocycles. The first kappa shape index (κ1) is 29.6. The summed E-state index contributed by atoms with van der Waals surface area (Å²) in [6, 6.07) is 0. The highest BCUT2D eigenvalue weighted by atomic mass is 16.6. The maximum Gasteiger partial charge on any atom is 0.325 e. The topological polar surface area (TPSA) is 105 Å². The van der Waals surface area contributed by atoms with Crippen LogP contribution >= 0.6 is 0 Å². The van der Waals surface area contributed by atoms with Crippen LogP contribution in [0.25, 0.3) is 0 Å². The molecule has 33 heavy (non-hydrogen) atoms. The number of esters is 4. The Morgan fingerprint density at radius 2 is 0.909 bits per heavy atom. The molecule has 0 spiro atoms. The van der Waals surface area contributed by atoms with E-state index in [-0.39, 0.29) is 52.1 Å². The van der Waals surface area contributed by atoms with Gasteiger partial charge in [0.2, 0.25) is 0 Å². The Morgan fingerprint density at radius 3 is 1.18 bits per heavy atom. The summed E-state index contributed by atoms with van der Waals surface area (Å²) in [5.41, 5.74) is -3.60. The summed E-state index contributed by atoms with van der Waals surface area (Å²) in [6.07, 6.45) is 4.33. The van der Waals surface area contributed by atoms with Crippen molar-refractivity contribution in [3.63, 3.8) is 0 Å². The Kier molecular flexibility index (Phi) is 13.8. The SMILES string of the molecule is C#CCC(CC#CCC(CC#CC)(C(=O)OCC)C(=O)OCC)(C(=O)OCC)C(=O)OCC. The van der Waals surface area contributed by atoms with E-state index in [0.29, 0.717) is 0 Å². The molecule has 0 saturated carbocycles. The van der Waals surface area contributed by atoms with Crippen LogP contribution in [-0.4, -0.2) is 50.3 Å². The molecule has 0 radical (unpaired) electrons. The molecule has 0 aliphatic rings. The van der Waals surface area contributed by atoms with Crippen LogP contribution in [0.15, 0.2) is 0 Å². The van der Waals surface area contributed by atoms with Crippen molar-refractivity contribution >= 4 is 23.9 Å². The fourth-order valence-electron chi connectivity index (χ4n) is 2.79.